The second-order valence-corrected chi connectivity index (χ2v) is 4.02. The third kappa shape index (κ3) is 371. The molecule has 0 spiro atoms. The van der Waals surface area contributed by atoms with Gasteiger partial charge in [-0.15, -0.1) is 0 Å². The van der Waals surface area contributed by atoms with Crippen molar-refractivity contribution in [2.45, 2.75) is 0 Å². The van der Waals surface area contributed by atoms with E-state index in [1.807, 2.05) is 0 Å². The van der Waals surface area contributed by atoms with E-state index in [0.29, 0.717) is 0 Å². The van der Waals surface area contributed by atoms with Gasteiger partial charge >= 0.3 is 189 Å². The van der Waals surface area contributed by atoms with E-state index in [2.05, 4.69) is 0 Å². The first-order chi connectivity index (χ1) is 6.00. The minimum Gasteiger partial charge on any atom is -0.870 e. The first kappa shape index (κ1) is 63.0. The maximum atomic E-state index is 8.55. The third-order valence-corrected chi connectivity index (χ3v) is 0. The smallest absolute Gasteiger partial charge is 0.870 e. The molecule has 22 heavy (non-hydrogen) atoms. The van der Waals surface area contributed by atoms with Gasteiger partial charge in [-0.3, -0.25) is 0 Å². The molecule has 1 unspecified atom stereocenters. The monoisotopic (exact) mass is 536 g/mol. The Morgan fingerprint density at radius 3 is 0.409 bits per heavy atom. The van der Waals surface area contributed by atoms with Gasteiger partial charge < -0.3 is 63.2 Å². The SMILES string of the molecule is O=P([O-])([O-])[O-].O=P([O-])([O-])[O-].O=P([O-])([O-])[O-].P.[Ca+2].[Ca+2].[Ca+2].[Ca+2].[Ca+2].[OH-]. The van der Waals surface area contributed by atoms with E-state index in [-0.39, 0.29) is 204 Å². The largest absolute Gasteiger partial charge is 2.00 e. The van der Waals surface area contributed by atoms with E-state index in [4.69, 9.17) is 57.7 Å². The van der Waals surface area contributed by atoms with Crippen molar-refractivity contribution in [2.75, 3.05) is 0 Å². The van der Waals surface area contributed by atoms with Crippen molar-refractivity contribution in [1.82, 2.24) is 0 Å². The Labute approximate surface area is 278 Å². The van der Waals surface area contributed by atoms with Gasteiger partial charge in [0, 0.05) is 0 Å². The summed E-state index contributed by atoms with van der Waals surface area (Å²) in [5, 5.41) is 0. The topological polar surface area (TPSA) is 289 Å². The van der Waals surface area contributed by atoms with Crippen LogP contribution in [0, 0.1) is 0 Å². The molecular formula is H4Ca5O13P4. The van der Waals surface area contributed by atoms with Gasteiger partial charge in [0.25, 0.3) is 0 Å². The number of rotatable bonds is 0. The van der Waals surface area contributed by atoms with Crippen molar-refractivity contribution in [3.8, 4) is 0 Å². The van der Waals surface area contributed by atoms with Crippen LogP contribution in [0.25, 0.3) is 0 Å². The Bertz CT molecular complexity index is 216. The molecule has 0 aliphatic heterocycles. The summed E-state index contributed by atoms with van der Waals surface area (Å²) < 4.78 is 25.6. The zero-order valence-corrected chi connectivity index (χ0v) is 26.1. The van der Waals surface area contributed by atoms with Crippen LogP contribution in [-0.4, -0.2) is 194 Å². The molecule has 0 saturated heterocycles. The molecule has 0 aromatic rings. The minimum atomic E-state index is -5.39. The molecule has 0 rings (SSSR count). The molecule has 22 heteroatoms. The second kappa shape index (κ2) is 32.7. The van der Waals surface area contributed by atoms with Crippen LogP contribution in [0.15, 0.2) is 0 Å². The van der Waals surface area contributed by atoms with E-state index < -0.39 is 23.5 Å². The van der Waals surface area contributed by atoms with Crippen LogP contribution in [0.2, 0.25) is 0 Å². The number of hydrogen-bond donors (Lipinski definition) is 0. The second-order valence-electron chi connectivity index (χ2n) is 1.34. The van der Waals surface area contributed by atoms with E-state index in [1.54, 1.807) is 0 Å². The predicted molar refractivity (Wildman–Crippen MR) is 64.6 cm³/mol. The molecule has 0 heterocycles. The van der Waals surface area contributed by atoms with Crippen molar-refractivity contribution >= 4 is 222 Å². The van der Waals surface area contributed by atoms with Crippen LogP contribution >= 0.6 is 33.4 Å². The summed E-state index contributed by atoms with van der Waals surface area (Å²) in [7, 11) is -16.2. The maximum absolute atomic E-state index is 8.55. The van der Waals surface area contributed by atoms with Crippen LogP contribution in [-0.2, 0) is 13.7 Å². The van der Waals surface area contributed by atoms with E-state index in [1.165, 1.54) is 0 Å². The molecule has 1 atom stereocenters. The minimum absolute atomic E-state index is 0. The average Bonchev–Trinajstić information content (AvgIpc) is 1.41. The fraction of sp³-hybridized carbons (Fsp3) is 0. The number of hydrogen-bond acceptors (Lipinski definition) is 13. The average molecular weight is 536 g/mol. The summed E-state index contributed by atoms with van der Waals surface area (Å²) in [6, 6.07) is 0. The van der Waals surface area contributed by atoms with Gasteiger partial charge in [-0.2, -0.15) is 33.4 Å². The molecule has 1 N–H and O–H groups in total. The molecule has 0 radical (unpaired) electrons. The fourth-order valence-electron chi connectivity index (χ4n) is 0. The van der Waals surface area contributed by atoms with Gasteiger partial charge in [-0.05, 0) is 0 Å². The van der Waals surface area contributed by atoms with Crippen molar-refractivity contribution in [1.29, 1.82) is 0 Å². The van der Waals surface area contributed by atoms with Crippen molar-refractivity contribution in [2.24, 2.45) is 0 Å². The Hall–Kier alpha value is 7.02. The van der Waals surface area contributed by atoms with Crippen LogP contribution in [0.1, 0.15) is 0 Å². The standard InChI is InChI=1S/5Ca.3H3O4P.H2O.H3P/c;;;;;3*1-5(2,3)4;;/h;;;;;3*(H3,1,2,3,4);1H2;1H3/q5*+2;;;;;/p-10. The molecule has 0 aromatic carbocycles. The molecule has 112 valence electrons. The molecule has 0 aromatic heterocycles. The number of phosphoric acid groups is 3. The summed E-state index contributed by atoms with van der Waals surface area (Å²) in [5.41, 5.74) is 0. The Balaban J connectivity index is -0.0000000106. The van der Waals surface area contributed by atoms with Gasteiger partial charge in [0.1, 0.15) is 0 Å². The van der Waals surface area contributed by atoms with Crippen LogP contribution in [0.5, 0.6) is 0 Å². The molecule has 0 bridgehead atoms. The zero-order chi connectivity index (χ0) is 13.5. The molecular weight excluding hydrogens is 532 g/mol. The van der Waals surface area contributed by atoms with Crippen molar-refractivity contribution < 1.29 is 63.2 Å². The molecule has 0 amide bonds. The van der Waals surface area contributed by atoms with E-state index in [9.17, 15) is 0 Å². The summed E-state index contributed by atoms with van der Waals surface area (Å²) >= 11 is 0. The summed E-state index contributed by atoms with van der Waals surface area (Å²) in [6.07, 6.45) is 0. The maximum Gasteiger partial charge on any atom is 2.00 e. The summed E-state index contributed by atoms with van der Waals surface area (Å²) in [6.45, 7) is 0. The van der Waals surface area contributed by atoms with Crippen LogP contribution < -0.4 is 44.0 Å². The summed E-state index contributed by atoms with van der Waals surface area (Å²) in [5.74, 6) is 0. The Morgan fingerprint density at radius 1 is 0.409 bits per heavy atom. The van der Waals surface area contributed by atoms with Gasteiger partial charge in [0.15, 0.2) is 0 Å². The van der Waals surface area contributed by atoms with E-state index in [0.717, 1.165) is 0 Å². The van der Waals surface area contributed by atoms with Gasteiger partial charge in [-0.1, -0.05) is 0 Å². The first-order valence-electron chi connectivity index (χ1n) is 2.19. The molecule has 0 saturated carbocycles. The normalized spacial score (nSPS) is 8.05. The van der Waals surface area contributed by atoms with Crippen molar-refractivity contribution in [3.05, 3.63) is 0 Å². The first-order valence-corrected chi connectivity index (χ1v) is 6.57. The van der Waals surface area contributed by atoms with Gasteiger partial charge in [0.2, 0.25) is 0 Å². The van der Waals surface area contributed by atoms with Crippen molar-refractivity contribution in [3.63, 3.8) is 0 Å². The Morgan fingerprint density at radius 2 is 0.409 bits per heavy atom. The molecule has 13 nitrogen and oxygen atoms in total. The quantitative estimate of drug-likeness (QED) is 0.205. The zero-order valence-electron chi connectivity index (χ0n) is 10.9. The predicted octanol–water partition coefficient (Wildman–Crippen LogP) is -10.5. The van der Waals surface area contributed by atoms with Crippen LogP contribution in [0.4, 0.5) is 0 Å². The molecule has 0 fully saturated rings. The molecule has 0 aliphatic carbocycles. The summed E-state index contributed by atoms with van der Waals surface area (Å²) in [4.78, 5) is 76.9. The van der Waals surface area contributed by atoms with E-state index >= 15 is 0 Å². The van der Waals surface area contributed by atoms with Crippen LogP contribution in [0.3, 0.4) is 0 Å². The van der Waals surface area contributed by atoms with Gasteiger partial charge in [-0.25, -0.2) is 0 Å². The fourth-order valence-corrected chi connectivity index (χ4v) is 0. The Kier molecular flexibility index (Phi) is 93.5. The third-order valence-electron chi connectivity index (χ3n) is 0. The molecule has 0 aliphatic rings. The van der Waals surface area contributed by atoms with Gasteiger partial charge in [0.05, 0.1) is 0 Å².